The molecule has 0 N–H and O–H groups in total. The molecule has 3 nitrogen and oxygen atoms in total. The third-order valence-electron chi connectivity index (χ3n) is 4.81. The maximum atomic E-state index is 13.2. The number of benzene rings is 2. The first-order valence-corrected chi connectivity index (χ1v) is 9.64. The van der Waals surface area contributed by atoms with Crippen molar-refractivity contribution in [2.75, 3.05) is 18.8 Å². The van der Waals surface area contributed by atoms with E-state index in [2.05, 4.69) is 17.0 Å². The van der Waals surface area contributed by atoms with Crippen molar-refractivity contribution >= 4 is 17.8 Å². The summed E-state index contributed by atoms with van der Waals surface area (Å²) in [5.74, 6) is 3.90. The van der Waals surface area contributed by atoms with Crippen molar-refractivity contribution in [2.45, 2.75) is 25.7 Å². The molecule has 2 aromatic carbocycles. The molecule has 0 aliphatic carbocycles. The fraction of sp³-hybridized carbons (Fsp3) is 0.350. The molecule has 0 aromatic heterocycles. The van der Waals surface area contributed by atoms with Gasteiger partial charge in [0.05, 0.1) is 0 Å². The second-order valence-electron chi connectivity index (χ2n) is 6.55. The molecule has 2 aliphatic heterocycles. The lowest BCUT2D eigenvalue weighted by Crippen LogP contribution is -2.42. The lowest BCUT2D eigenvalue weighted by atomic mass is 9.89. The summed E-state index contributed by atoms with van der Waals surface area (Å²) in [4.78, 5) is 2.43. The van der Waals surface area contributed by atoms with Crippen molar-refractivity contribution in [1.82, 2.24) is 4.90 Å². The maximum absolute atomic E-state index is 13.2. The minimum absolute atomic E-state index is 0.242. The smallest absolute Gasteiger partial charge is 0.130 e. The molecule has 0 saturated carbocycles. The minimum atomic E-state index is -0.242. The lowest BCUT2D eigenvalue weighted by molar-refractivity contribution is 0.371. The number of amidine groups is 1. The van der Waals surface area contributed by atoms with Crippen LogP contribution < -0.4 is 4.74 Å². The Hall–Kier alpha value is -2.01. The van der Waals surface area contributed by atoms with E-state index in [1.807, 2.05) is 19.1 Å². The average molecular weight is 356 g/mol. The van der Waals surface area contributed by atoms with E-state index in [1.165, 1.54) is 30.0 Å². The van der Waals surface area contributed by atoms with Crippen LogP contribution in [0.2, 0.25) is 0 Å². The highest BCUT2D eigenvalue weighted by molar-refractivity contribution is 7.98. The van der Waals surface area contributed by atoms with Crippen molar-refractivity contribution in [3.8, 4) is 11.5 Å². The number of ether oxygens (including phenoxy) is 1. The third kappa shape index (κ3) is 3.52. The number of piperidine rings is 1. The van der Waals surface area contributed by atoms with Gasteiger partial charge in [0, 0.05) is 24.8 Å². The normalized spacial score (nSPS) is 20.0. The van der Waals surface area contributed by atoms with Gasteiger partial charge in [0.15, 0.2) is 0 Å². The number of nitrogens with zero attached hydrogens (tertiary/aromatic N) is 2. The Morgan fingerprint density at radius 2 is 2.00 bits per heavy atom. The van der Waals surface area contributed by atoms with E-state index < -0.39 is 0 Å². The number of rotatable bonds is 3. The van der Waals surface area contributed by atoms with Crippen molar-refractivity contribution in [3.63, 3.8) is 0 Å². The van der Waals surface area contributed by atoms with E-state index in [4.69, 9.17) is 9.13 Å². The molecule has 2 aromatic rings. The molecule has 2 heterocycles. The molecule has 25 heavy (non-hydrogen) atoms. The average Bonchev–Trinajstić information content (AvgIpc) is 2.64. The fourth-order valence-electron chi connectivity index (χ4n) is 3.50. The van der Waals surface area contributed by atoms with Gasteiger partial charge in [0.25, 0.3) is 0 Å². The van der Waals surface area contributed by atoms with Crippen LogP contribution in [0.1, 0.15) is 29.9 Å². The number of fused-ring (bicyclic) bond motifs is 1. The monoisotopic (exact) mass is 356 g/mol. The van der Waals surface area contributed by atoms with E-state index in [-0.39, 0.29) is 5.82 Å². The van der Waals surface area contributed by atoms with Crippen LogP contribution in [0, 0.1) is 12.7 Å². The summed E-state index contributed by atoms with van der Waals surface area (Å²) in [5, 5.41) is 0. The molecular formula is C20H21FN2OS. The zero-order chi connectivity index (χ0) is 17.2. The molecule has 130 valence electrons. The third-order valence-corrected chi connectivity index (χ3v) is 5.50. The van der Waals surface area contributed by atoms with Gasteiger partial charge in [-0.15, -0.1) is 0 Å². The van der Waals surface area contributed by atoms with Crippen LogP contribution in [0.5, 0.6) is 11.5 Å². The molecule has 0 radical (unpaired) electrons. The summed E-state index contributed by atoms with van der Waals surface area (Å²) < 4.78 is 23.8. The molecule has 0 spiro atoms. The zero-order valence-electron chi connectivity index (χ0n) is 14.2. The molecule has 5 heteroatoms. The fourth-order valence-corrected chi connectivity index (χ4v) is 4.27. The summed E-state index contributed by atoms with van der Waals surface area (Å²) in [6, 6.07) is 12.8. The number of halogens is 1. The summed E-state index contributed by atoms with van der Waals surface area (Å²) in [6.45, 7) is 4.08. The lowest BCUT2D eigenvalue weighted by Gasteiger charge is -2.37. The first-order chi connectivity index (χ1) is 12.2. The Bertz CT molecular complexity index is 791. The molecule has 2 aliphatic rings. The van der Waals surface area contributed by atoms with E-state index in [9.17, 15) is 4.39 Å². The molecule has 1 fully saturated rings. The first-order valence-electron chi connectivity index (χ1n) is 8.69. The van der Waals surface area contributed by atoms with E-state index in [0.29, 0.717) is 11.7 Å². The van der Waals surface area contributed by atoms with E-state index >= 15 is 0 Å². The van der Waals surface area contributed by atoms with Gasteiger partial charge in [-0.3, -0.25) is 0 Å². The molecule has 0 bridgehead atoms. The topological polar surface area (TPSA) is 24.8 Å². The van der Waals surface area contributed by atoms with Crippen LogP contribution in [0.4, 0.5) is 4.39 Å². The van der Waals surface area contributed by atoms with Crippen LogP contribution in [0.25, 0.3) is 0 Å². The van der Waals surface area contributed by atoms with Gasteiger partial charge in [0.2, 0.25) is 0 Å². The van der Waals surface area contributed by atoms with Gasteiger partial charge < -0.3 is 9.64 Å². The van der Waals surface area contributed by atoms with E-state index in [1.54, 1.807) is 18.0 Å². The maximum Gasteiger partial charge on any atom is 0.130 e. The second kappa shape index (κ2) is 7.08. The van der Waals surface area contributed by atoms with Crippen molar-refractivity contribution in [1.29, 1.82) is 0 Å². The molecule has 1 atom stereocenters. The number of hydrogen-bond acceptors (Lipinski definition) is 4. The molecular weight excluding hydrogens is 335 g/mol. The minimum Gasteiger partial charge on any atom is -0.457 e. The molecule has 4 rings (SSSR count). The molecule has 1 saturated heterocycles. The van der Waals surface area contributed by atoms with Crippen LogP contribution in [-0.2, 0) is 0 Å². The van der Waals surface area contributed by atoms with Crippen LogP contribution >= 0.6 is 11.9 Å². The van der Waals surface area contributed by atoms with Gasteiger partial charge in [0.1, 0.15) is 23.2 Å². The predicted molar refractivity (Wildman–Crippen MR) is 101 cm³/mol. The number of aryl methyl sites for hydroxylation is 1. The van der Waals surface area contributed by atoms with Crippen LogP contribution in [0.15, 0.2) is 46.9 Å². The zero-order valence-corrected chi connectivity index (χ0v) is 15.1. The standard InChI is InChI=1S/C20H21FN2OS/c1-14-13-16(21)6-9-19(14)24-17-7-4-15(5-8-17)18-3-2-10-23-11-12-25-22-20(18)23/h4-9,13,18H,2-3,10-12H2,1H3. The van der Waals surface area contributed by atoms with E-state index in [0.717, 1.165) is 36.6 Å². The van der Waals surface area contributed by atoms with Crippen LogP contribution in [0.3, 0.4) is 0 Å². The van der Waals surface area contributed by atoms with Gasteiger partial charge in [-0.2, -0.15) is 0 Å². The Balaban J connectivity index is 1.52. The van der Waals surface area contributed by atoms with Crippen molar-refractivity contribution in [3.05, 3.63) is 59.4 Å². The highest BCUT2D eigenvalue weighted by atomic mass is 32.2. The van der Waals surface area contributed by atoms with Gasteiger partial charge in [-0.1, -0.05) is 12.1 Å². The number of hydrogen-bond donors (Lipinski definition) is 0. The highest BCUT2D eigenvalue weighted by Crippen LogP contribution is 2.34. The summed E-state index contributed by atoms with van der Waals surface area (Å²) in [7, 11) is 0. The van der Waals surface area contributed by atoms with Crippen molar-refractivity contribution < 1.29 is 9.13 Å². The summed E-state index contributed by atoms with van der Waals surface area (Å²) in [5.41, 5.74) is 2.08. The molecule has 0 amide bonds. The Morgan fingerprint density at radius 1 is 1.16 bits per heavy atom. The highest BCUT2D eigenvalue weighted by Gasteiger charge is 2.29. The van der Waals surface area contributed by atoms with Gasteiger partial charge in [-0.05, 0) is 73.2 Å². The van der Waals surface area contributed by atoms with Crippen LogP contribution in [-0.4, -0.2) is 29.6 Å². The Labute approximate surface area is 152 Å². The SMILES string of the molecule is Cc1cc(F)ccc1Oc1ccc(C2CCCN3CCSN=C23)cc1. The summed E-state index contributed by atoms with van der Waals surface area (Å²) in [6.07, 6.45) is 2.36. The Kier molecular flexibility index (Phi) is 4.66. The molecule has 1 unspecified atom stereocenters. The predicted octanol–water partition coefficient (Wildman–Crippen LogP) is 5.17. The van der Waals surface area contributed by atoms with Gasteiger partial charge >= 0.3 is 0 Å². The second-order valence-corrected chi connectivity index (χ2v) is 7.39. The van der Waals surface area contributed by atoms with Crippen molar-refractivity contribution in [2.24, 2.45) is 4.40 Å². The summed E-state index contributed by atoms with van der Waals surface area (Å²) >= 11 is 1.68. The largest absolute Gasteiger partial charge is 0.457 e. The first kappa shape index (κ1) is 16.5. The quantitative estimate of drug-likeness (QED) is 0.710. The Morgan fingerprint density at radius 3 is 2.80 bits per heavy atom. The van der Waals surface area contributed by atoms with Gasteiger partial charge in [-0.25, -0.2) is 8.79 Å².